The van der Waals surface area contributed by atoms with Crippen LogP contribution >= 0.6 is 0 Å². The summed E-state index contributed by atoms with van der Waals surface area (Å²) < 4.78 is 8.46. The van der Waals surface area contributed by atoms with E-state index in [1.54, 1.807) is 0 Å². The minimum absolute atomic E-state index is 0.0310. The molecule has 57 heavy (non-hydrogen) atoms. The average Bonchev–Trinajstić information content (AvgIpc) is 3.61. The molecule has 3 nitrogen and oxygen atoms in total. The molecule has 1 aromatic heterocycles. The number of ether oxygens (including phenoxy) is 1. The van der Waals surface area contributed by atoms with Gasteiger partial charge in [-0.05, 0) is 118 Å². The maximum atomic E-state index is 6.10. The molecule has 0 saturated carbocycles. The lowest BCUT2D eigenvalue weighted by Crippen LogP contribution is -2.22. The summed E-state index contributed by atoms with van der Waals surface area (Å²) in [7, 11) is 0. The number of hydrogen-bond acceptors (Lipinski definition) is 2. The molecule has 0 saturated heterocycles. The fourth-order valence-corrected chi connectivity index (χ4v) is 8.27. The molecule has 2 atom stereocenters. The first kappa shape index (κ1) is 34.2. The summed E-state index contributed by atoms with van der Waals surface area (Å²) in [5.74, 6) is 0.114. The summed E-state index contributed by atoms with van der Waals surface area (Å²) in [6.45, 7) is 4.42. The van der Waals surface area contributed by atoms with Crippen LogP contribution in [0.1, 0.15) is 5.56 Å². The predicted octanol–water partition coefficient (Wildman–Crippen LogP) is 14.2. The Balaban J connectivity index is 1.01. The van der Waals surface area contributed by atoms with Gasteiger partial charge in [-0.1, -0.05) is 140 Å². The van der Waals surface area contributed by atoms with E-state index in [0.717, 1.165) is 39.5 Å². The predicted molar refractivity (Wildman–Crippen MR) is 239 cm³/mol. The number of rotatable bonds is 7. The summed E-state index contributed by atoms with van der Waals surface area (Å²) in [4.78, 5) is 2.33. The van der Waals surface area contributed by atoms with Gasteiger partial charge in [0.25, 0.3) is 0 Å². The monoisotopic (exact) mass is 732 g/mol. The zero-order chi connectivity index (χ0) is 38.1. The van der Waals surface area contributed by atoms with Crippen molar-refractivity contribution in [1.82, 2.24) is 4.57 Å². The smallest absolute Gasteiger partial charge is 0.126 e. The van der Waals surface area contributed by atoms with Crippen molar-refractivity contribution < 1.29 is 4.74 Å². The normalized spacial score (nSPS) is 17.6. The van der Waals surface area contributed by atoms with Crippen LogP contribution in [0.25, 0.3) is 55.3 Å². The third-order valence-electron chi connectivity index (χ3n) is 11.2. The minimum atomic E-state index is -0.0310. The van der Waals surface area contributed by atoms with E-state index in [-0.39, 0.29) is 12.0 Å². The Morgan fingerprint density at radius 2 is 1.04 bits per heavy atom. The molecule has 0 fully saturated rings. The van der Waals surface area contributed by atoms with Crippen LogP contribution < -0.4 is 4.90 Å². The quantitative estimate of drug-likeness (QED) is 0.162. The molecule has 1 aliphatic carbocycles. The van der Waals surface area contributed by atoms with E-state index in [4.69, 9.17) is 4.74 Å². The number of fused-ring (bicyclic) bond motifs is 4. The van der Waals surface area contributed by atoms with Gasteiger partial charge in [0, 0.05) is 39.4 Å². The molecule has 8 aromatic rings. The van der Waals surface area contributed by atoms with Gasteiger partial charge in [-0.3, -0.25) is 0 Å². The van der Waals surface area contributed by atoms with Crippen molar-refractivity contribution in [1.29, 1.82) is 0 Å². The largest absolute Gasteiger partial charge is 0.493 e. The van der Waals surface area contributed by atoms with Crippen molar-refractivity contribution in [3.8, 4) is 27.9 Å². The first-order valence-corrected chi connectivity index (χ1v) is 19.5. The second-order valence-corrected chi connectivity index (χ2v) is 14.6. The van der Waals surface area contributed by atoms with Crippen LogP contribution in [0.2, 0.25) is 0 Å². The summed E-state index contributed by atoms with van der Waals surface area (Å²) in [5.41, 5.74) is 14.7. The zero-order valence-corrected chi connectivity index (χ0v) is 31.4. The van der Waals surface area contributed by atoms with Crippen molar-refractivity contribution in [3.63, 3.8) is 0 Å². The number of aromatic nitrogens is 1. The lowest BCUT2D eigenvalue weighted by atomic mass is 9.88. The maximum absolute atomic E-state index is 6.10. The van der Waals surface area contributed by atoms with E-state index in [1.807, 2.05) is 18.4 Å². The molecule has 0 N–H and O–H groups in total. The van der Waals surface area contributed by atoms with Crippen LogP contribution in [0.5, 0.6) is 0 Å². The van der Waals surface area contributed by atoms with Crippen molar-refractivity contribution in [2.75, 3.05) is 4.90 Å². The van der Waals surface area contributed by atoms with Gasteiger partial charge in [0.05, 0.1) is 17.3 Å². The summed E-state index contributed by atoms with van der Waals surface area (Å²) in [6, 6.07) is 63.2. The van der Waals surface area contributed by atoms with Crippen molar-refractivity contribution in [2.45, 2.75) is 6.10 Å². The number of allylic oxidation sites excluding steroid dienone is 5. The first-order valence-electron chi connectivity index (χ1n) is 19.5. The van der Waals surface area contributed by atoms with Crippen LogP contribution in [0, 0.1) is 5.92 Å². The Hall–Kier alpha value is -7.36. The van der Waals surface area contributed by atoms with Gasteiger partial charge in [-0.15, -0.1) is 0 Å². The maximum Gasteiger partial charge on any atom is 0.126 e. The highest BCUT2D eigenvalue weighted by molar-refractivity contribution is 6.10. The van der Waals surface area contributed by atoms with Crippen LogP contribution in [-0.4, -0.2) is 10.7 Å². The molecule has 0 amide bonds. The van der Waals surface area contributed by atoms with Gasteiger partial charge in [0.15, 0.2) is 0 Å². The molecule has 0 spiro atoms. The van der Waals surface area contributed by atoms with Gasteiger partial charge < -0.3 is 14.2 Å². The van der Waals surface area contributed by atoms with E-state index >= 15 is 0 Å². The summed E-state index contributed by atoms with van der Waals surface area (Å²) in [5, 5.41) is 2.49. The fourth-order valence-electron chi connectivity index (χ4n) is 8.27. The lowest BCUT2D eigenvalue weighted by molar-refractivity contribution is 0.159. The Kier molecular flexibility index (Phi) is 8.81. The standard InChI is InChI=1S/C54H40N2O/c1-38-36-44(34-35-57-54-19-11-9-16-49(38)54)42-24-31-48(32-25-42)55(46-27-20-40(21-28-46)39-12-4-2-5-13-39)47-29-22-41(23-30-47)43-26-33-53-51(37-43)50-17-8-10-18-52(50)56(53)45-14-6-3-7-15-45/h2-37,49,54H,1H2/b35-34-,44-36+. The van der Waals surface area contributed by atoms with Crippen LogP contribution in [0.4, 0.5) is 17.1 Å². The first-order chi connectivity index (χ1) is 28.2. The topological polar surface area (TPSA) is 17.4 Å². The summed E-state index contributed by atoms with van der Waals surface area (Å²) in [6.07, 6.45) is 14.4. The molecule has 272 valence electrons. The summed E-state index contributed by atoms with van der Waals surface area (Å²) >= 11 is 0. The number of anilines is 3. The van der Waals surface area contributed by atoms with Crippen LogP contribution in [0.3, 0.4) is 0 Å². The molecule has 1 aliphatic heterocycles. The number of benzene rings is 7. The average molecular weight is 733 g/mol. The SMILES string of the molecule is C=C1/C=C(c2ccc(N(c3ccc(-c4ccccc4)cc3)c3ccc(-c4ccc5c(c4)c4ccccc4n5-c4ccccc4)cc3)cc2)\C=C/OC2C=CC=CC12. The number of hydrogen-bond donors (Lipinski definition) is 0. The minimum Gasteiger partial charge on any atom is -0.493 e. The molecule has 3 heteroatoms. The molecule has 2 unspecified atom stereocenters. The van der Waals surface area contributed by atoms with Gasteiger partial charge in [0.2, 0.25) is 0 Å². The highest BCUT2D eigenvalue weighted by Crippen LogP contribution is 2.39. The molecule has 10 rings (SSSR count). The highest BCUT2D eigenvalue weighted by atomic mass is 16.5. The van der Waals surface area contributed by atoms with Crippen LogP contribution in [-0.2, 0) is 4.74 Å². The molecule has 2 heterocycles. The fraction of sp³-hybridized carbons (Fsp3) is 0.0370. The second-order valence-electron chi connectivity index (χ2n) is 14.6. The molecule has 2 aliphatic rings. The van der Waals surface area contributed by atoms with Gasteiger partial charge >= 0.3 is 0 Å². The number of para-hydroxylation sites is 2. The molecule has 7 aromatic carbocycles. The van der Waals surface area contributed by atoms with Gasteiger partial charge in [-0.25, -0.2) is 0 Å². The third kappa shape index (κ3) is 6.49. The number of nitrogens with zero attached hydrogens (tertiary/aromatic N) is 2. The van der Waals surface area contributed by atoms with Crippen molar-refractivity contribution >= 4 is 44.4 Å². The molecule has 0 bridgehead atoms. The van der Waals surface area contributed by atoms with E-state index in [2.05, 4.69) is 216 Å². The van der Waals surface area contributed by atoms with Crippen molar-refractivity contribution in [2.24, 2.45) is 5.92 Å². The van der Waals surface area contributed by atoms with Crippen molar-refractivity contribution in [3.05, 3.63) is 236 Å². The molecule has 0 radical (unpaired) electrons. The van der Waals surface area contributed by atoms with Gasteiger partial charge in [-0.2, -0.15) is 0 Å². The van der Waals surface area contributed by atoms with E-state index < -0.39 is 0 Å². The second kappa shape index (κ2) is 14.7. The van der Waals surface area contributed by atoms with E-state index in [1.165, 1.54) is 44.1 Å². The molecular weight excluding hydrogens is 693 g/mol. The van der Waals surface area contributed by atoms with Crippen LogP contribution in [0.15, 0.2) is 231 Å². The van der Waals surface area contributed by atoms with E-state index in [0.29, 0.717) is 0 Å². The lowest BCUT2D eigenvalue weighted by Gasteiger charge is -2.27. The van der Waals surface area contributed by atoms with E-state index in [9.17, 15) is 0 Å². The Morgan fingerprint density at radius 3 is 1.74 bits per heavy atom. The molecular formula is C54H40N2O. The zero-order valence-electron chi connectivity index (χ0n) is 31.4. The Morgan fingerprint density at radius 1 is 0.491 bits per heavy atom. The third-order valence-corrected chi connectivity index (χ3v) is 11.2. The van der Waals surface area contributed by atoms with Gasteiger partial charge in [0.1, 0.15) is 6.10 Å². The Labute approximate surface area is 333 Å². The highest BCUT2D eigenvalue weighted by Gasteiger charge is 2.23. The Bertz CT molecular complexity index is 2860.